The van der Waals surface area contributed by atoms with E-state index in [0.717, 1.165) is 36.3 Å². The number of aryl methyl sites for hydroxylation is 3. The van der Waals surface area contributed by atoms with Crippen molar-refractivity contribution in [1.82, 2.24) is 4.98 Å². The summed E-state index contributed by atoms with van der Waals surface area (Å²) < 4.78 is 0. The predicted octanol–water partition coefficient (Wildman–Crippen LogP) is 3.87. The third kappa shape index (κ3) is 3.10. The van der Waals surface area contributed by atoms with Gasteiger partial charge in [0, 0.05) is 11.4 Å². The van der Waals surface area contributed by atoms with Crippen LogP contribution in [-0.2, 0) is 18.6 Å². The molecule has 0 atom stereocenters. The molecule has 2 aromatic rings. The minimum Gasteiger partial charge on any atom is -0.478 e. The lowest BCUT2D eigenvalue weighted by molar-refractivity contribution is 0.0692. The second-order valence-corrected chi connectivity index (χ2v) is 6.35. The number of aromatic carboxylic acids is 1. The van der Waals surface area contributed by atoms with Crippen LogP contribution in [0.2, 0.25) is 0 Å². The minimum absolute atomic E-state index is 0.341. The Bertz CT molecular complexity index is 697. The summed E-state index contributed by atoms with van der Waals surface area (Å²) in [6.45, 7) is 2.06. The Kier molecular flexibility index (Phi) is 3.97. The van der Waals surface area contributed by atoms with Gasteiger partial charge < -0.3 is 5.11 Å². The maximum atomic E-state index is 11.4. The molecule has 0 fully saturated rings. The predicted molar refractivity (Wildman–Crippen MR) is 84.0 cm³/mol. The summed E-state index contributed by atoms with van der Waals surface area (Å²) in [5.74, 6) is -0.141. The van der Waals surface area contributed by atoms with Gasteiger partial charge in [0.05, 0.1) is 5.56 Å². The lowest BCUT2D eigenvalue weighted by Gasteiger charge is -2.09. The molecular formula is C17H17NO2S. The van der Waals surface area contributed by atoms with Crippen molar-refractivity contribution in [3.63, 3.8) is 0 Å². The van der Waals surface area contributed by atoms with Crippen molar-refractivity contribution in [3.05, 3.63) is 58.3 Å². The summed E-state index contributed by atoms with van der Waals surface area (Å²) >= 11 is 1.51. The fraction of sp³-hybridized carbons (Fsp3) is 0.294. The van der Waals surface area contributed by atoms with Gasteiger partial charge in [-0.1, -0.05) is 29.8 Å². The summed E-state index contributed by atoms with van der Waals surface area (Å²) in [5, 5.41) is 10.0. The molecule has 1 N–H and O–H groups in total. The zero-order valence-electron chi connectivity index (χ0n) is 11.9. The molecule has 0 saturated heterocycles. The van der Waals surface area contributed by atoms with Gasteiger partial charge in [-0.15, -0.1) is 11.8 Å². The van der Waals surface area contributed by atoms with Gasteiger partial charge in [0.15, 0.2) is 0 Å². The van der Waals surface area contributed by atoms with E-state index in [2.05, 4.69) is 30.1 Å². The van der Waals surface area contributed by atoms with E-state index >= 15 is 0 Å². The Morgan fingerprint density at radius 1 is 1.33 bits per heavy atom. The lowest BCUT2D eigenvalue weighted by atomic mass is 10.1. The highest BCUT2D eigenvalue weighted by molar-refractivity contribution is 7.98. The molecule has 108 valence electrons. The SMILES string of the molecule is Cc1cccc(CSc2nc3c(cc2C(=O)O)CCC3)c1. The van der Waals surface area contributed by atoms with Crippen molar-refractivity contribution < 1.29 is 9.90 Å². The Balaban J connectivity index is 1.86. The van der Waals surface area contributed by atoms with Gasteiger partial charge in [0.25, 0.3) is 0 Å². The van der Waals surface area contributed by atoms with Gasteiger partial charge in [0.2, 0.25) is 0 Å². The molecule has 0 radical (unpaired) electrons. The molecule has 0 unspecified atom stereocenters. The monoisotopic (exact) mass is 299 g/mol. The highest BCUT2D eigenvalue weighted by Gasteiger charge is 2.20. The summed E-state index contributed by atoms with van der Waals surface area (Å²) in [5.41, 5.74) is 4.93. The molecule has 0 spiro atoms. The van der Waals surface area contributed by atoms with Gasteiger partial charge >= 0.3 is 5.97 Å². The van der Waals surface area contributed by atoms with E-state index in [1.807, 2.05) is 12.1 Å². The maximum absolute atomic E-state index is 11.4. The lowest BCUT2D eigenvalue weighted by Crippen LogP contribution is -2.04. The summed E-state index contributed by atoms with van der Waals surface area (Å²) in [6, 6.07) is 10.1. The molecule has 3 rings (SSSR count). The van der Waals surface area contributed by atoms with Crippen LogP contribution in [0.15, 0.2) is 35.4 Å². The van der Waals surface area contributed by atoms with E-state index in [0.29, 0.717) is 10.6 Å². The number of benzene rings is 1. The Hall–Kier alpha value is -1.81. The number of carbonyl (C=O) groups is 1. The molecule has 4 heteroatoms. The van der Waals surface area contributed by atoms with Crippen LogP contribution in [-0.4, -0.2) is 16.1 Å². The first-order valence-electron chi connectivity index (χ1n) is 7.08. The van der Waals surface area contributed by atoms with Gasteiger partial charge in [-0.2, -0.15) is 0 Å². The number of aromatic nitrogens is 1. The Labute approximate surface area is 128 Å². The minimum atomic E-state index is -0.885. The topological polar surface area (TPSA) is 50.2 Å². The first-order chi connectivity index (χ1) is 10.1. The summed E-state index contributed by atoms with van der Waals surface area (Å²) in [4.78, 5) is 16.0. The molecule has 0 amide bonds. The second-order valence-electron chi connectivity index (χ2n) is 5.38. The van der Waals surface area contributed by atoms with Crippen molar-refractivity contribution in [1.29, 1.82) is 0 Å². The number of carboxylic acids is 1. The molecule has 1 heterocycles. The molecule has 1 aromatic heterocycles. The average molecular weight is 299 g/mol. The quantitative estimate of drug-likeness (QED) is 0.871. The van der Waals surface area contributed by atoms with Crippen LogP contribution < -0.4 is 0 Å². The van der Waals surface area contributed by atoms with Crippen LogP contribution in [0.25, 0.3) is 0 Å². The zero-order chi connectivity index (χ0) is 14.8. The smallest absolute Gasteiger partial charge is 0.338 e. The van der Waals surface area contributed by atoms with Crippen molar-refractivity contribution in [2.45, 2.75) is 37.0 Å². The first-order valence-corrected chi connectivity index (χ1v) is 8.06. The second kappa shape index (κ2) is 5.90. The molecule has 0 bridgehead atoms. The van der Waals surface area contributed by atoms with Gasteiger partial charge in [0.1, 0.15) is 5.03 Å². The molecule has 1 aliphatic carbocycles. The highest BCUT2D eigenvalue weighted by Crippen LogP contribution is 2.30. The Morgan fingerprint density at radius 3 is 2.95 bits per heavy atom. The van der Waals surface area contributed by atoms with E-state index in [4.69, 9.17) is 0 Å². The third-order valence-electron chi connectivity index (χ3n) is 3.70. The fourth-order valence-corrected chi connectivity index (χ4v) is 3.63. The van der Waals surface area contributed by atoms with E-state index in [1.54, 1.807) is 0 Å². The number of fused-ring (bicyclic) bond motifs is 1. The van der Waals surface area contributed by atoms with Crippen molar-refractivity contribution in [2.75, 3.05) is 0 Å². The van der Waals surface area contributed by atoms with E-state index in [9.17, 15) is 9.90 Å². The van der Waals surface area contributed by atoms with Crippen LogP contribution in [0.4, 0.5) is 0 Å². The maximum Gasteiger partial charge on any atom is 0.338 e. The highest BCUT2D eigenvalue weighted by atomic mass is 32.2. The van der Waals surface area contributed by atoms with E-state index < -0.39 is 5.97 Å². The molecule has 0 aliphatic heterocycles. The van der Waals surface area contributed by atoms with Crippen molar-refractivity contribution in [3.8, 4) is 0 Å². The molecule has 0 saturated carbocycles. The third-order valence-corrected chi connectivity index (χ3v) is 4.77. The standard InChI is InChI=1S/C17H17NO2S/c1-11-4-2-5-12(8-11)10-21-16-14(17(19)20)9-13-6-3-7-15(13)18-16/h2,4-5,8-9H,3,6-7,10H2,1H3,(H,19,20). The van der Waals surface area contributed by atoms with Crippen molar-refractivity contribution in [2.24, 2.45) is 0 Å². The number of rotatable bonds is 4. The number of hydrogen-bond donors (Lipinski definition) is 1. The van der Waals surface area contributed by atoms with Crippen LogP contribution in [0.5, 0.6) is 0 Å². The van der Waals surface area contributed by atoms with Gasteiger partial charge in [-0.05, 0) is 43.4 Å². The first kappa shape index (κ1) is 14.1. The number of pyridine rings is 1. The van der Waals surface area contributed by atoms with E-state index in [1.165, 1.54) is 22.9 Å². The number of hydrogen-bond acceptors (Lipinski definition) is 3. The molecule has 3 nitrogen and oxygen atoms in total. The van der Waals surface area contributed by atoms with Gasteiger partial charge in [-0.3, -0.25) is 0 Å². The zero-order valence-corrected chi connectivity index (χ0v) is 12.7. The molecule has 1 aromatic carbocycles. The van der Waals surface area contributed by atoms with E-state index in [-0.39, 0.29) is 0 Å². The fourth-order valence-electron chi connectivity index (χ4n) is 2.67. The summed E-state index contributed by atoms with van der Waals surface area (Å²) in [6.07, 6.45) is 2.99. The molecule has 21 heavy (non-hydrogen) atoms. The normalized spacial score (nSPS) is 13.2. The van der Waals surface area contributed by atoms with Crippen LogP contribution >= 0.6 is 11.8 Å². The number of thioether (sulfide) groups is 1. The number of carboxylic acid groups (broad SMARTS) is 1. The van der Waals surface area contributed by atoms with Gasteiger partial charge in [-0.25, -0.2) is 9.78 Å². The van der Waals surface area contributed by atoms with Crippen LogP contribution in [0.1, 0.15) is 39.2 Å². The van der Waals surface area contributed by atoms with Crippen molar-refractivity contribution >= 4 is 17.7 Å². The number of nitrogens with zero attached hydrogens (tertiary/aromatic N) is 1. The largest absolute Gasteiger partial charge is 0.478 e. The molecule has 1 aliphatic rings. The average Bonchev–Trinajstić information content (AvgIpc) is 2.91. The van der Waals surface area contributed by atoms with Crippen LogP contribution in [0, 0.1) is 6.92 Å². The Morgan fingerprint density at radius 2 is 2.19 bits per heavy atom. The van der Waals surface area contributed by atoms with Crippen LogP contribution in [0.3, 0.4) is 0 Å². The molecular weight excluding hydrogens is 282 g/mol. The summed E-state index contributed by atoms with van der Waals surface area (Å²) in [7, 11) is 0.